The molecule has 2 rings (SSSR count). The molecule has 1 aliphatic heterocycles. The van der Waals surface area contributed by atoms with Gasteiger partial charge in [-0.25, -0.2) is 0 Å². The number of aliphatic hydroxyl groups excluding tert-OH is 1. The van der Waals surface area contributed by atoms with Crippen molar-refractivity contribution in [1.82, 2.24) is 5.32 Å². The Labute approximate surface area is 145 Å². The van der Waals surface area contributed by atoms with Gasteiger partial charge in [-0.2, -0.15) is 0 Å². The molecule has 2 N–H and O–H groups in total. The van der Waals surface area contributed by atoms with Crippen molar-refractivity contribution < 1.29 is 14.6 Å². The molecule has 1 amide bonds. The zero-order chi connectivity index (χ0) is 17.7. The predicted molar refractivity (Wildman–Crippen MR) is 95.8 cm³/mol. The molecule has 1 aliphatic rings. The predicted octanol–water partition coefficient (Wildman–Crippen LogP) is 3.29. The van der Waals surface area contributed by atoms with E-state index >= 15 is 0 Å². The molecule has 0 radical (unpaired) electrons. The first-order valence-corrected chi connectivity index (χ1v) is 8.99. The van der Waals surface area contributed by atoms with E-state index in [1.807, 2.05) is 26.0 Å². The van der Waals surface area contributed by atoms with E-state index in [1.165, 1.54) is 0 Å². The van der Waals surface area contributed by atoms with E-state index in [0.717, 1.165) is 36.1 Å². The lowest BCUT2D eigenvalue weighted by Crippen LogP contribution is -2.34. The number of benzene rings is 1. The van der Waals surface area contributed by atoms with Gasteiger partial charge in [-0.05, 0) is 44.1 Å². The summed E-state index contributed by atoms with van der Waals surface area (Å²) in [6.07, 6.45) is 2.01. The lowest BCUT2D eigenvalue weighted by atomic mass is 9.88. The maximum absolute atomic E-state index is 12.2. The summed E-state index contributed by atoms with van der Waals surface area (Å²) in [5.74, 6) is 0.889. The summed E-state index contributed by atoms with van der Waals surface area (Å²) in [6, 6.07) is 6.01. The van der Waals surface area contributed by atoms with Crippen molar-refractivity contribution >= 4 is 5.91 Å². The van der Waals surface area contributed by atoms with Crippen molar-refractivity contribution in [2.75, 3.05) is 13.2 Å². The minimum absolute atomic E-state index is 0.0211. The number of nitrogens with one attached hydrogen (secondary N) is 1. The molecule has 1 heterocycles. The molecule has 4 heteroatoms. The van der Waals surface area contributed by atoms with E-state index < -0.39 is 6.10 Å². The van der Waals surface area contributed by atoms with Crippen LogP contribution in [0.3, 0.4) is 0 Å². The van der Waals surface area contributed by atoms with Crippen molar-refractivity contribution in [2.24, 2.45) is 11.8 Å². The van der Waals surface area contributed by atoms with Crippen molar-refractivity contribution in [3.63, 3.8) is 0 Å². The molecule has 1 aromatic carbocycles. The van der Waals surface area contributed by atoms with Gasteiger partial charge in [0.25, 0.3) is 0 Å². The SMILES string of the molecule is Cc1cc(C)cc(C(O)CNC(=O)CC2CCOC(C(C)C)C2)c1. The number of aryl methyl sites for hydroxylation is 2. The third-order valence-electron chi connectivity index (χ3n) is 4.76. The van der Waals surface area contributed by atoms with Crippen LogP contribution in [0, 0.1) is 25.7 Å². The van der Waals surface area contributed by atoms with Crippen LogP contribution >= 0.6 is 0 Å². The van der Waals surface area contributed by atoms with Gasteiger partial charge in [-0.3, -0.25) is 4.79 Å². The van der Waals surface area contributed by atoms with Crippen LogP contribution in [-0.4, -0.2) is 30.3 Å². The standard InChI is InChI=1S/C20H31NO3/c1-13(2)19-10-16(5-6-24-19)11-20(23)21-12-18(22)17-8-14(3)7-15(4)9-17/h7-9,13,16,18-19,22H,5-6,10-12H2,1-4H3,(H,21,23). The second-order valence-electron chi connectivity index (χ2n) is 7.49. The summed E-state index contributed by atoms with van der Waals surface area (Å²) in [5, 5.41) is 13.2. The Kier molecular flexibility index (Phi) is 6.81. The highest BCUT2D eigenvalue weighted by molar-refractivity contribution is 5.76. The molecule has 1 aromatic rings. The summed E-state index contributed by atoms with van der Waals surface area (Å²) in [5.41, 5.74) is 3.10. The maximum atomic E-state index is 12.2. The number of carbonyl (C=O) groups excluding carboxylic acids is 1. The van der Waals surface area contributed by atoms with E-state index in [4.69, 9.17) is 4.74 Å². The van der Waals surface area contributed by atoms with Gasteiger partial charge in [-0.1, -0.05) is 43.2 Å². The van der Waals surface area contributed by atoms with Crippen LogP contribution in [0.2, 0.25) is 0 Å². The van der Waals surface area contributed by atoms with Crippen LogP contribution in [-0.2, 0) is 9.53 Å². The van der Waals surface area contributed by atoms with Crippen LogP contribution in [0.5, 0.6) is 0 Å². The average Bonchev–Trinajstić information content (AvgIpc) is 2.52. The lowest BCUT2D eigenvalue weighted by Gasteiger charge is -2.31. The molecule has 0 spiro atoms. The normalized spacial score (nSPS) is 22.4. The highest BCUT2D eigenvalue weighted by Crippen LogP contribution is 2.27. The lowest BCUT2D eigenvalue weighted by molar-refractivity contribution is -0.124. The molecule has 0 aliphatic carbocycles. The highest BCUT2D eigenvalue weighted by Gasteiger charge is 2.26. The third kappa shape index (κ3) is 5.60. The van der Waals surface area contributed by atoms with Crippen LogP contribution in [0.15, 0.2) is 18.2 Å². The summed E-state index contributed by atoms with van der Waals surface area (Å²) in [6.45, 7) is 9.35. The number of rotatable bonds is 6. The van der Waals surface area contributed by atoms with Gasteiger partial charge >= 0.3 is 0 Å². The smallest absolute Gasteiger partial charge is 0.220 e. The molecule has 3 atom stereocenters. The largest absolute Gasteiger partial charge is 0.387 e. The molecule has 134 valence electrons. The van der Waals surface area contributed by atoms with Gasteiger partial charge < -0.3 is 15.2 Å². The van der Waals surface area contributed by atoms with Gasteiger partial charge in [0.15, 0.2) is 0 Å². The number of aliphatic hydroxyl groups is 1. The molecule has 0 bridgehead atoms. The topological polar surface area (TPSA) is 58.6 Å². The number of carbonyl (C=O) groups is 1. The number of ether oxygens (including phenoxy) is 1. The van der Waals surface area contributed by atoms with Gasteiger partial charge in [0.1, 0.15) is 0 Å². The number of hydrogen-bond donors (Lipinski definition) is 2. The molecular formula is C20H31NO3. The molecule has 24 heavy (non-hydrogen) atoms. The Balaban J connectivity index is 1.80. The van der Waals surface area contributed by atoms with Gasteiger partial charge in [0.05, 0.1) is 12.2 Å². The van der Waals surface area contributed by atoms with Crippen LogP contribution in [0.1, 0.15) is 55.9 Å². The van der Waals surface area contributed by atoms with Crippen LogP contribution < -0.4 is 5.32 Å². The monoisotopic (exact) mass is 333 g/mol. The highest BCUT2D eigenvalue weighted by atomic mass is 16.5. The van der Waals surface area contributed by atoms with Gasteiger partial charge in [0, 0.05) is 19.6 Å². The molecule has 3 unspecified atom stereocenters. The van der Waals surface area contributed by atoms with Gasteiger partial charge in [-0.15, -0.1) is 0 Å². The van der Waals surface area contributed by atoms with Gasteiger partial charge in [0.2, 0.25) is 5.91 Å². The second-order valence-corrected chi connectivity index (χ2v) is 7.49. The Bertz CT molecular complexity index is 536. The average molecular weight is 333 g/mol. The van der Waals surface area contributed by atoms with Crippen molar-refractivity contribution in [3.05, 3.63) is 34.9 Å². The quantitative estimate of drug-likeness (QED) is 0.840. The summed E-state index contributed by atoms with van der Waals surface area (Å²) in [7, 11) is 0. The Hall–Kier alpha value is -1.39. The molecule has 4 nitrogen and oxygen atoms in total. The number of amides is 1. The van der Waals surface area contributed by atoms with E-state index in [-0.39, 0.29) is 18.6 Å². The first-order chi connectivity index (χ1) is 11.3. The van der Waals surface area contributed by atoms with Crippen molar-refractivity contribution in [1.29, 1.82) is 0 Å². The summed E-state index contributed by atoms with van der Waals surface area (Å²) in [4.78, 5) is 12.2. The van der Waals surface area contributed by atoms with E-state index in [2.05, 4.69) is 25.2 Å². The Morgan fingerprint density at radius 1 is 1.29 bits per heavy atom. The molecular weight excluding hydrogens is 302 g/mol. The second kappa shape index (κ2) is 8.63. The molecule has 1 fully saturated rings. The van der Waals surface area contributed by atoms with E-state index in [1.54, 1.807) is 0 Å². The van der Waals surface area contributed by atoms with Crippen LogP contribution in [0.25, 0.3) is 0 Å². The van der Waals surface area contributed by atoms with Crippen molar-refractivity contribution in [3.8, 4) is 0 Å². The zero-order valence-corrected chi connectivity index (χ0v) is 15.3. The van der Waals surface area contributed by atoms with Crippen molar-refractivity contribution in [2.45, 2.75) is 59.2 Å². The zero-order valence-electron chi connectivity index (χ0n) is 15.3. The fourth-order valence-corrected chi connectivity index (χ4v) is 3.42. The fourth-order valence-electron chi connectivity index (χ4n) is 3.42. The van der Waals surface area contributed by atoms with Crippen LogP contribution in [0.4, 0.5) is 0 Å². The first kappa shape index (κ1) is 18.9. The molecule has 1 saturated heterocycles. The maximum Gasteiger partial charge on any atom is 0.220 e. The summed E-state index contributed by atoms with van der Waals surface area (Å²) >= 11 is 0. The summed E-state index contributed by atoms with van der Waals surface area (Å²) < 4.78 is 5.76. The Morgan fingerprint density at radius 2 is 1.96 bits per heavy atom. The first-order valence-electron chi connectivity index (χ1n) is 8.99. The molecule has 0 saturated carbocycles. The fraction of sp³-hybridized carbons (Fsp3) is 0.650. The van der Waals surface area contributed by atoms with E-state index in [9.17, 15) is 9.90 Å². The minimum atomic E-state index is -0.661. The Morgan fingerprint density at radius 3 is 2.58 bits per heavy atom. The minimum Gasteiger partial charge on any atom is -0.387 e. The van der Waals surface area contributed by atoms with E-state index in [0.29, 0.717) is 18.3 Å². The third-order valence-corrected chi connectivity index (χ3v) is 4.76. The number of hydrogen-bond acceptors (Lipinski definition) is 3. The molecule has 0 aromatic heterocycles.